The van der Waals surface area contributed by atoms with E-state index < -0.39 is 21.9 Å². The fourth-order valence-electron chi connectivity index (χ4n) is 1.27. The van der Waals surface area contributed by atoms with E-state index in [2.05, 4.69) is 10.3 Å². The van der Waals surface area contributed by atoms with Crippen molar-refractivity contribution >= 4 is 21.4 Å². The van der Waals surface area contributed by atoms with Crippen molar-refractivity contribution in [1.29, 1.82) is 0 Å². The van der Waals surface area contributed by atoms with Gasteiger partial charge in [0, 0.05) is 6.54 Å². The first-order chi connectivity index (χ1) is 8.59. The van der Waals surface area contributed by atoms with Gasteiger partial charge in [-0.15, -0.1) is 0 Å². The number of aromatic nitrogens is 1. The quantitative estimate of drug-likeness (QED) is 0.695. The molecule has 0 aliphatic heterocycles. The van der Waals surface area contributed by atoms with Crippen LogP contribution in [0.25, 0.3) is 0 Å². The average Bonchev–Trinajstić information content (AvgIpc) is 2.23. The van der Waals surface area contributed by atoms with Crippen molar-refractivity contribution in [3.63, 3.8) is 0 Å². The third-order valence-corrected chi connectivity index (χ3v) is 3.00. The van der Waals surface area contributed by atoms with Crippen LogP contribution in [0.1, 0.15) is 12.1 Å². The minimum Gasteiger partial charge on any atom is -0.396 e. The Labute approximate surface area is 108 Å². The van der Waals surface area contributed by atoms with Gasteiger partial charge in [0.05, 0.1) is 23.3 Å². The molecule has 0 saturated heterocycles. The molecule has 0 radical (unpaired) electrons. The SMILES string of the molecule is Nc1cnc(C(F)(F)F)cc1NCCCS(N)(=O)=O. The molecule has 0 saturated carbocycles. The molecule has 5 N–H and O–H groups in total. The zero-order chi connectivity index (χ0) is 14.7. The van der Waals surface area contributed by atoms with Crippen LogP contribution in [0.5, 0.6) is 0 Å². The predicted octanol–water partition coefficient (Wildman–Crippen LogP) is 0.773. The van der Waals surface area contributed by atoms with Gasteiger partial charge in [-0.05, 0) is 12.5 Å². The molecular weight excluding hydrogens is 285 g/mol. The monoisotopic (exact) mass is 298 g/mol. The summed E-state index contributed by atoms with van der Waals surface area (Å²) in [6, 6.07) is 0.770. The largest absolute Gasteiger partial charge is 0.433 e. The molecule has 1 aromatic heterocycles. The zero-order valence-electron chi connectivity index (χ0n) is 9.74. The molecule has 0 amide bonds. The Bertz CT molecular complexity index is 545. The van der Waals surface area contributed by atoms with Crippen LogP contribution in [0.2, 0.25) is 0 Å². The summed E-state index contributed by atoms with van der Waals surface area (Å²) in [4.78, 5) is 3.17. The van der Waals surface area contributed by atoms with Gasteiger partial charge >= 0.3 is 6.18 Å². The fourth-order valence-corrected chi connectivity index (χ4v) is 1.82. The normalized spacial score (nSPS) is 12.4. The van der Waals surface area contributed by atoms with Crippen LogP contribution >= 0.6 is 0 Å². The molecule has 19 heavy (non-hydrogen) atoms. The summed E-state index contributed by atoms with van der Waals surface area (Å²) in [6.45, 7) is 0.127. The number of nitrogens with zero attached hydrogens (tertiary/aromatic N) is 1. The highest BCUT2D eigenvalue weighted by molar-refractivity contribution is 7.89. The van der Waals surface area contributed by atoms with Crippen LogP contribution in [0.3, 0.4) is 0 Å². The van der Waals surface area contributed by atoms with Crippen LogP contribution < -0.4 is 16.2 Å². The van der Waals surface area contributed by atoms with Crippen molar-refractivity contribution in [3.05, 3.63) is 18.0 Å². The number of rotatable bonds is 5. The maximum absolute atomic E-state index is 12.4. The second kappa shape index (κ2) is 5.61. The maximum atomic E-state index is 12.4. The number of pyridine rings is 1. The topological polar surface area (TPSA) is 111 Å². The number of anilines is 2. The summed E-state index contributed by atoms with van der Waals surface area (Å²) in [5, 5.41) is 7.40. The molecule has 108 valence electrons. The van der Waals surface area contributed by atoms with E-state index in [0.29, 0.717) is 0 Å². The van der Waals surface area contributed by atoms with Crippen LogP contribution in [0.15, 0.2) is 12.3 Å². The molecular formula is C9H13F3N4O2S. The highest BCUT2D eigenvalue weighted by atomic mass is 32.2. The lowest BCUT2D eigenvalue weighted by molar-refractivity contribution is -0.141. The van der Waals surface area contributed by atoms with Crippen LogP contribution in [0.4, 0.5) is 24.5 Å². The van der Waals surface area contributed by atoms with Gasteiger partial charge in [0.1, 0.15) is 5.69 Å². The van der Waals surface area contributed by atoms with Gasteiger partial charge in [0.15, 0.2) is 0 Å². The van der Waals surface area contributed by atoms with Crippen molar-refractivity contribution in [2.75, 3.05) is 23.3 Å². The lowest BCUT2D eigenvalue weighted by atomic mass is 10.2. The first-order valence-corrected chi connectivity index (χ1v) is 6.88. The number of alkyl halides is 3. The van der Waals surface area contributed by atoms with E-state index in [1.807, 2.05) is 0 Å². The number of hydrogen-bond acceptors (Lipinski definition) is 5. The van der Waals surface area contributed by atoms with Crippen molar-refractivity contribution in [2.24, 2.45) is 5.14 Å². The minimum atomic E-state index is -4.56. The molecule has 0 aliphatic rings. The Hall–Kier alpha value is -1.55. The van der Waals surface area contributed by atoms with E-state index in [1.165, 1.54) is 0 Å². The van der Waals surface area contributed by atoms with Crippen molar-refractivity contribution in [3.8, 4) is 0 Å². The van der Waals surface area contributed by atoms with Gasteiger partial charge < -0.3 is 11.1 Å². The van der Waals surface area contributed by atoms with E-state index in [0.717, 1.165) is 12.3 Å². The summed E-state index contributed by atoms with van der Waals surface area (Å²) in [6.07, 6.45) is -3.52. The number of halogens is 3. The van der Waals surface area contributed by atoms with Gasteiger partial charge in [-0.1, -0.05) is 0 Å². The predicted molar refractivity (Wildman–Crippen MR) is 64.7 cm³/mol. The number of hydrogen-bond donors (Lipinski definition) is 3. The number of nitrogens with one attached hydrogen (secondary N) is 1. The van der Waals surface area contributed by atoms with E-state index in [1.54, 1.807) is 0 Å². The molecule has 0 aliphatic carbocycles. The zero-order valence-corrected chi connectivity index (χ0v) is 10.6. The van der Waals surface area contributed by atoms with Gasteiger partial charge in [0.2, 0.25) is 10.0 Å². The molecule has 1 aromatic rings. The second-order valence-electron chi connectivity index (χ2n) is 3.80. The van der Waals surface area contributed by atoms with Crippen LogP contribution in [-0.2, 0) is 16.2 Å². The minimum absolute atomic E-state index is 0.0450. The summed E-state index contributed by atoms with van der Waals surface area (Å²) in [5.41, 5.74) is 4.49. The number of primary sulfonamides is 1. The Kier molecular flexibility index (Phi) is 4.58. The van der Waals surface area contributed by atoms with Crippen molar-refractivity contribution in [1.82, 2.24) is 4.98 Å². The third kappa shape index (κ3) is 5.30. The first kappa shape index (κ1) is 15.5. The molecule has 0 atom stereocenters. The molecule has 0 unspecified atom stereocenters. The van der Waals surface area contributed by atoms with E-state index in [4.69, 9.17) is 10.9 Å². The number of nitrogen functional groups attached to an aromatic ring is 1. The molecule has 1 heterocycles. The van der Waals surface area contributed by atoms with Gasteiger partial charge in [-0.25, -0.2) is 18.5 Å². The number of sulfonamides is 1. The Balaban J connectivity index is 2.68. The Morgan fingerprint density at radius 1 is 1.37 bits per heavy atom. The molecule has 6 nitrogen and oxygen atoms in total. The maximum Gasteiger partial charge on any atom is 0.433 e. The van der Waals surface area contributed by atoms with E-state index in [9.17, 15) is 21.6 Å². The average molecular weight is 298 g/mol. The lowest BCUT2D eigenvalue weighted by Crippen LogP contribution is -2.19. The van der Waals surface area contributed by atoms with E-state index >= 15 is 0 Å². The first-order valence-electron chi connectivity index (χ1n) is 5.16. The van der Waals surface area contributed by atoms with Crippen molar-refractivity contribution < 1.29 is 21.6 Å². The van der Waals surface area contributed by atoms with Crippen LogP contribution in [-0.4, -0.2) is 25.7 Å². The Morgan fingerprint density at radius 3 is 2.53 bits per heavy atom. The highest BCUT2D eigenvalue weighted by Crippen LogP contribution is 2.30. The van der Waals surface area contributed by atoms with E-state index in [-0.39, 0.29) is 30.1 Å². The van der Waals surface area contributed by atoms with Crippen molar-refractivity contribution in [2.45, 2.75) is 12.6 Å². The van der Waals surface area contributed by atoms with Gasteiger partial charge in [-0.3, -0.25) is 0 Å². The summed E-state index contributed by atoms with van der Waals surface area (Å²) >= 11 is 0. The third-order valence-electron chi connectivity index (χ3n) is 2.15. The summed E-state index contributed by atoms with van der Waals surface area (Å²) in [5.74, 6) is -0.267. The molecule has 0 aromatic carbocycles. The van der Waals surface area contributed by atoms with Gasteiger partial charge in [0.25, 0.3) is 0 Å². The Morgan fingerprint density at radius 2 is 2.00 bits per heavy atom. The fraction of sp³-hybridized carbons (Fsp3) is 0.444. The number of nitrogens with two attached hydrogens (primary N) is 2. The smallest absolute Gasteiger partial charge is 0.396 e. The summed E-state index contributed by atoms with van der Waals surface area (Å²) < 4.78 is 58.6. The highest BCUT2D eigenvalue weighted by Gasteiger charge is 2.32. The molecule has 0 bridgehead atoms. The second-order valence-corrected chi connectivity index (χ2v) is 5.54. The lowest BCUT2D eigenvalue weighted by Gasteiger charge is -2.12. The molecule has 0 fully saturated rings. The standard InChI is InChI=1S/C9H13F3N4O2S/c10-9(11,12)8-4-7(6(13)5-16-8)15-2-1-3-19(14,17)18/h4-5H,1-3,13H2,(H,15,16)(H2,14,17,18). The molecule has 1 rings (SSSR count). The summed E-state index contributed by atoms with van der Waals surface area (Å²) in [7, 11) is -3.58. The van der Waals surface area contributed by atoms with Crippen LogP contribution in [0, 0.1) is 0 Å². The molecule has 0 spiro atoms. The van der Waals surface area contributed by atoms with Gasteiger partial charge in [-0.2, -0.15) is 13.2 Å². The molecule has 10 heteroatoms.